The number of benzene rings is 1. The number of ketones is 1. The lowest BCUT2D eigenvalue weighted by molar-refractivity contribution is 0.00934. The van der Waals surface area contributed by atoms with Crippen LogP contribution in [0.5, 0.6) is 5.75 Å². The molecule has 0 saturated carbocycles. The lowest BCUT2D eigenvalue weighted by atomic mass is 9.95. The standard InChI is InChI=1S/C20H25NO2S/c1-3-12-21(13-4-2)19-11-10-15-16(7-5-8-17(15)23-19)20(22)18-9-6-14-24-18/h5-9,14,19H,3-4,10-13H2,1-2H3. The highest BCUT2D eigenvalue weighted by Gasteiger charge is 2.28. The largest absolute Gasteiger partial charge is 0.475 e. The van der Waals surface area contributed by atoms with Gasteiger partial charge in [-0.2, -0.15) is 0 Å². The average molecular weight is 343 g/mol. The maximum absolute atomic E-state index is 12.7. The van der Waals surface area contributed by atoms with Gasteiger partial charge in [0.25, 0.3) is 0 Å². The first-order valence-corrected chi connectivity index (χ1v) is 9.73. The van der Waals surface area contributed by atoms with Crippen LogP contribution in [0.3, 0.4) is 0 Å². The molecule has 1 aromatic heterocycles. The average Bonchev–Trinajstić information content (AvgIpc) is 3.14. The van der Waals surface area contributed by atoms with Gasteiger partial charge >= 0.3 is 0 Å². The number of rotatable bonds is 7. The Hall–Kier alpha value is -1.65. The van der Waals surface area contributed by atoms with Crippen molar-refractivity contribution >= 4 is 17.1 Å². The molecule has 0 aliphatic carbocycles. The van der Waals surface area contributed by atoms with Gasteiger partial charge in [-0.1, -0.05) is 32.0 Å². The van der Waals surface area contributed by atoms with Crippen molar-refractivity contribution in [1.29, 1.82) is 0 Å². The van der Waals surface area contributed by atoms with E-state index in [0.29, 0.717) is 0 Å². The van der Waals surface area contributed by atoms with E-state index in [0.717, 1.165) is 60.5 Å². The molecule has 1 aromatic carbocycles. The van der Waals surface area contributed by atoms with E-state index in [1.807, 2.05) is 35.7 Å². The highest BCUT2D eigenvalue weighted by molar-refractivity contribution is 7.12. The van der Waals surface area contributed by atoms with Crippen molar-refractivity contribution < 1.29 is 9.53 Å². The molecular weight excluding hydrogens is 318 g/mol. The monoisotopic (exact) mass is 343 g/mol. The van der Waals surface area contributed by atoms with E-state index in [4.69, 9.17) is 4.74 Å². The summed E-state index contributed by atoms with van der Waals surface area (Å²) in [4.78, 5) is 16.0. The fourth-order valence-corrected chi connectivity index (χ4v) is 4.07. The molecule has 0 amide bonds. The van der Waals surface area contributed by atoms with Gasteiger partial charge in [0, 0.05) is 30.6 Å². The highest BCUT2D eigenvalue weighted by Crippen LogP contribution is 2.33. The van der Waals surface area contributed by atoms with E-state index >= 15 is 0 Å². The quantitative estimate of drug-likeness (QED) is 0.679. The first kappa shape index (κ1) is 17.2. The predicted molar refractivity (Wildman–Crippen MR) is 99.1 cm³/mol. The van der Waals surface area contributed by atoms with Crippen molar-refractivity contribution in [3.63, 3.8) is 0 Å². The van der Waals surface area contributed by atoms with Crippen LogP contribution >= 0.6 is 11.3 Å². The van der Waals surface area contributed by atoms with E-state index < -0.39 is 0 Å². The van der Waals surface area contributed by atoms with Gasteiger partial charge in [-0.3, -0.25) is 9.69 Å². The molecule has 0 radical (unpaired) electrons. The summed E-state index contributed by atoms with van der Waals surface area (Å²) in [6.45, 7) is 6.53. The second-order valence-corrected chi connectivity index (χ2v) is 7.18. The molecule has 24 heavy (non-hydrogen) atoms. The van der Waals surface area contributed by atoms with E-state index in [1.165, 1.54) is 11.3 Å². The maximum Gasteiger partial charge on any atom is 0.203 e. The van der Waals surface area contributed by atoms with Gasteiger partial charge in [0.2, 0.25) is 5.78 Å². The molecule has 3 nitrogen and oxygen atoms in total. The minimum atomic E-state index is 0.114. The maximum atomic E-state index is 12.7. The van der Waals surface area contributed by atoms with Crippen LogP contribution in [-0.2, 0) is 6.42 Å². The molecular formula is C20H25NO2S. The second-order valence-electron chi connectivity index (χ2n) is 6.24. The van der Waals surface area contributed by atoms with Crippen LogP contribution in [0.25, 0.3) is 0 Å². The highest BCUT2D eigenvalue weighted by atomic mass is 32.1. The molecule has 1 aliphatic rings. The van der Waals surface area contributed by atoms with Gasteiger partial charge in [-0.05, 0) is 36.8 Å². The van der Waals surface area contributed by atoms with Crippen LogP contribution in [0.4, 0.5) is 0 Å². The van der Waals surface area contributed by atoms with E-state index in [2.05, 4.69) is 18.7 Å². The third kappa shape index (κ3) is 3.55. The number of hydrogen-bond acceptors (Lipinski definition) is 4. The van der Waals surface area contributed by atoms with Crippen molar-refractivity contribution in [2.24, 2.45) is 0 Å². The first-order chi connectivity index (χ1) is 11.7. The predicted octanol–water partition coefficient (Wildman–Crippen LogP) is 4.75. The Balaban J connectivity index is 1.83. The van der Waals surface area contributed by atoms with Crippen molar-refractivity contribution in [3.8, 4) is 5.75 Å². The Labute approximate surface area is 148 Å². The number of carbonyl (C=O) groups is 1. The van der Waals surface area contributed by atoms with Crippen molar-refractivity contribution in [2.45, 2.75) is 45.8 Å². The Bertz CT molecular complexity index is 675. The zero-order valence-electron chi connectivity index (χ0n) is 14.5. The molecule has 0 spiro atoms. The normalized spacial score (nSPS) is 16.7. The van der Waals surface area contributed by atoms with Crippen LogP contribution in [0.2, 0.25) is 0 Å². The summed E-state index contributed by atoms with van der Waals surface area (Å²) >= 11 is 1.50. The molecule has 0 saturated heterocycles. The van der Waals surface area contributed by atoms with Crippen molar-refractivity contribution in [1.82, 2.24) is 4.90 Å². The molecule has 128 valence electrons. The molecule has 3 rings (SSSR count). The molecule has 0 fully saturated rings. The zero-order valence-corrected chi connectivity index (χ0v) is 15.3. The Kier molecular flexibility index (Phi) is 5.69. The SMILES string of the molecule is CCCN(CCC)C1CCc2c(cccc2C(=O)c2cccs2)O1. The van der Waals surface area contributed by atoms with Gasteiger partial charge in [0.15, 0.2) is 6.23 Å². The van der Waals surface area contributed by atoms with Gasteiger partial charge in [-0.25, -0.2) is 0 Å². The van der Waals surface area contributed by atoms with Crippen LogP contribution in [0.1, 0.15) is 53.9 Å². The second kappa shape index (κ2) is 7.95. The van der Waals surface area contributed by atoms with Crippen molar-refractivity contribution in [3.05, 3.63) is 51.7 Å². The summed E-state index contributed by atoms with van der Waals surface area (Å²) in [6.07, 6.45) is 4.23. The van der Waals surface area contributed by atoms with Crippen LogP contribution in [-0.4, -0.2) is 30.0 Å². The van der Waals surface area contributed by atoms with Crippen LogP contribution in [0.15, 0.2) is 35.7 Å². The number of fused-ring (bicyclic) bond motifs is 1. The molecule has 0 N–H and O–H groups in total. The molecule has 2 aromatic rings. The van der Waals surface area contributed by atoms with E-state index in [1.54, 1.807) is 0 Å². The number of hydrogen-bond donors (Lipinski definition) is 0. The zero-order chi connectivity index (χ0) is 16.9. The number of carbonyl (C=O) groups excluding carboxylic acids is 1. The summed E-state index contributed by atoms with van der Waals surface area (Å²) in [5.74, 6) is 0.994. The minimum Gasteiger partial charge on any atom is -0.475 e. The molecule has 0 bridgehead atoms. The number of nitrogens with zero attached hydrogens (tertiary/aromatic N) is 1. The minimum absolute atomic E-state index is 0.114. The summed E-state index contributed by atoms with van der Waals surface area (Å²) in [5, 5.41) is 1.95. The number of thiophene rings is 1. The van der Waals surface area contributed by atoms with Crippen LogP contribution in [0, 0.1) is 0 Å². The topological polar surface area (TPSA) is 29.5 Å². The third-order valence-corrected chi connectivity index (χ3v) is 5.32. The molecule has 1 aliphatic heterocycles. The molecule has 2 heterocycles. The fourth-order valence-electron chi connectivity index (χ4n) is 3.39. The smallest absolute Gasteiger partial charge is 0.203 e. The lowest BCUT2D eigenvalue weighted by Gasteiger charge is -2.35. The first-order valence-electron chi connectivity index (χ1n) is 8.85. The van der Waals surface area contributed by atoms with Gasteiger partial charge in [0.1, 0.15) is 5.75 Å². The lowest BCUT2D eigenvalue weighted by Crippen LogP contribution is -2.42. The van der Waals surface area contributed by atoms with Gasteiger partial charge < -0.3 is 4.74 Å². The molecule has 4 heteroatoms. The Morgan fingerprint density at radius 1 is 1.21 bits per heavy atom. The van der Waals surface area contributed by atoms with E-state index in [9.17, 15) is 4.79 Å². The fraction of sp³-hybridized carbons (Fsp3) is 0.450. The van der Waals surface area contributed by atoms with Crippen molar-refractivity contribution in [2.75, 3.05) is 13.1 Å². The van der Waals surface area contributed by atoms with Crippen LogP contribution < -0.4 is 4.74 Å². The van der Waals surface area contributed by atoms with E-state index in [-0.39, 0.29) is 12.0 Å². The Morgan fingerprint density at radius 3 is 2.67 bits per heavy atom. The molecule has 1 unspecified atom stereocenters. The summed E-state index contributed by atoms with van der Waals surface area (Å²) in [5.41, 5.74) is 1.87. The molecule has 1 atom stereocenters. The summed E-state index contributed by atoms with van der Waals surface area (Å²) in [7, 11) is 0. The summed E-state index contributed by atoms with van der Waals surface area (Å²) in [6, 6.07) is 9.69. The Morgan fingerprint density at radius 2 is 2.00 bits per heavy atom. The van der Waals surface area contributed by atoms with Gasteiger partial charge in [-0.15, -0.1) is 11.3 Å². The summed E-state index contributed by atoms with van der Waals surface area (Å²) < 4.78 is 6.28. The van der Waals surface area contributed by atoms with Gasteiger partial charge in [0.05, 0.1) is 4.88 Å². The third-order valence-electron chi connectivity index (χ3n) is 4.46. The number of ether oxygens (including phenoxy) is 1.